The Morgan fingerprint density at radius 1 is 1.26 bits per heavy atom. The summed E-state index contributed by atoms with van der Waals surface area (Å²) in [5.74, 6) is -0.899. The minimum Gasteiger partial charge on any atom is -0.493 e. The number of carboxylic acids is 1. The maximum Gasteiger partial charge on any atom is 0.341 e. The summed E-state index contributed by atoms with van der Waals surface area (Å²) in [6, 6.07) is 8.18. The lowest BCUT2D eigenvalue weighted by Crippen LogP contribution is -2.11. The summed E-state index contributed by atoms with van der Waals surface area (Å²) in [7, 11) is 2.73. The molecule has 0 amide bonds. The fourth-order valence-electron chi connectivity index (χ4n) is 2.10. The SMILES string of the molecule is COC(=O)c1cc(N=Cc2cc(I)c(OCC(=O)O)c(OC)c2)ccc1Cl. The first kappa shape index (κ1) is 21.0. The maximum atomic E-state index is 11.7. The van der Waals surface area contributed by atoms with Gasteiger partial charge in [0.25, 0.3) is 0 Å². The largest absolute Gasteiger partial charge is 0.493 e. The molecular formula is C18H15ClINO6. The number of carbonyl (C=O) groups excluding carboxylic acids is 1. The molecule has 0 saturated heterocycles. The number of esters is 1. The van der Waals surface area contributed by atoms with Gasteiger partial charge in [0.2, 0.25) is 0 Å². The Balaban J connectivity index is 2.30. The molecule has 1 N–H and O–H groups in total. The number of aliphatic carboxylic acids is 1. The first-order valence-electron chi connectivity index (χ1n) is 7.49. The third-order valence-corrected chi connectivity index (χ3v) is 4.44. The monoisotopic (exact) mass is 503 g/mol. The van der Waals surface area contributed by atoms with Crippen molar-refractivity contribution in [3.63, 3.8) is 0 Å². The molecule has 0 fully saturated rings. The Kier molecular flexibility index (Phi) is 7.43. The van der Waals surface area contributed by atoms with E-state index in [1.165, 1.54) is 20.3 Å². The second-order valence-electron chi connectivity index (χ2n) is 5.13. The van der Waals surface area contributed by atoms with Gasteiger partial charge >= 0.3 is 11.9 Å². The van der Waals surface area contributed by atoms with Gasteiger partial charge in [-0.1, -0.05) is 11.6 Å². The molecule has 0 aromatic heterocycles. The molecule has 0 atom stereocenters. The van der Waals surface area contributed by atoms with Crippen LogP contribution >= 0.6 is 34.2 Å². The number of nitrogens with zero attached hydrogens (tertiary/aromatic N) is 1. The van der Waals surface area contributed by atoms with Crippen molar-refractivity contribution in [2.45, 2.75) is 0 Å². The van der Waals surface area contributed by atoms with Crippen molar-refractivity contribution < 1.29 is 28.9 Å². The Bertz CT molecular complexity index is 900. The van der Waals surface area contributed by atoms with E-state index in [1.54, 1.807) is 30.5 Å². The van der Waals surface area contributed by atoms with Crippen molar-refractivity contribution in [1.82, 2.24) is 0 Å². The normalized spacial score (nSPS) is 10.7. The molecule has 0 aliphatic carbocycles. The Morgan fingerprint density at radius 3 is 2.63 bits per heavy atom. The molecule has 0 aliphatic heterocycles. The van der Waals surface area contributed by atoms with E-state index in [-0.39, 0.29) is 10.6 Å². The fraction of sp³-hybridized carbons (Fsp3) is 0.167. The summed E-state index contributed by atoms with van der Waals surface area (Å²) in [6.45, 7) is -0.471. The van der Waals surface area contributed by atoms with Crippen LogP contribution in [0, 0.1) is 3.57 Å². The number of hydrogen-bond donors (Lipinski definition) is 1. The van der Waals surface area contributed by atoms with Crippen molar-refractivity contribution in [2.75, 3.05) is 20.8 Å². The predicted molar refractivity (Wildman–Crippen MR) is 109 cm³/mol. The van der Waals surface area contributed by atoms with Gasteiger partial charge in [-0.15, -0.1) is 0 Å². The van der Waals surface area contributed by atoms with Crippen molar-refractivity contribution in [3.05, 3.63) is 50.1 Å². The van der Waals surface area contributed by atoms with Crippen molar-refractivity contribution in [2.24, 2.45) is 4.99 Å². The molecule has 0 aliphatic rings. The molecule has 0 unspecified atom stereocenters. The molecule has 0 saturated carbocycles. The molecule has 0 spiro atoms. The summed E-state index contributed by atoms with van der Waals surface area (Å²) < 4.78 is 15.9. The molecule has 2 rings (SSSR count). The third kappa shape index (κ3) is 5.57. The van der Waals surface area contributed by atoms with E-state index in [2.05, 4.69) is 9.73 Å². The highest BCUT2D eigenvalue weighted by molar-refractivity contribution is 14.1. The Hall–Kier alpha value is -2.33. The van der Waals surface area contributed by atoms with Crippen LogP contribution in [0.5, 0.6) is 11.5 Å². The van der Waals surface area contributed by atoms with Crippen LogP contribution in [-0.4, -0.2) is 44.1 Å². The third-order valence-electron chi connectivity index (χ3n) is 3.31. The van der Waals surface area contributed by atoms with Gasteiger partial charge in [0, 0.05) is 6.21 Å². The molecular weight excluding hydrogens is 489 g/mol. The first-order chi connectivity index (χ1) is 12.8. The van der Waals surface area contributed by atoms with Crippen LogP contribution in [0.2, 0.25) is 5.02 Å². The number of rotatable bonds is 7. The fourth-order valence-corrected chi connectivity index (χ4v) is 3.07. The van der Waals surface area contributed by atoms with E-state index >= 15 is 0 Å². The second-order valence-corrected chi connectivity index (χ2v) is 6.70. The minimum atomic E-state index is -1.08. The summed E-state index contributed by atoms with van der Waals surface area (Å²) in [5, 5.41) is 9.04. The average Bonchev–Trinajstić information content (AvgIpc) is 2.65. The van der Waals surface area contributed by atoms with Crippen LogP contribution in [0.15, 0.2) is 35.3 Å². The second kappa shape index (κ2) is 9.56. The number of aliphatic imine (C=N–C) groups is 1. The molecule has 27 heavy (non-hydrogen) atoms. The van der Waals surface area contributed by atoms with E-state index < -0.39 is 18.5 Å². The van der Waals surface area contributed by atoms with E-state index in [9.17, 15) is 9.59 Å². The number of carboxylic acid groups (broad SMARTS) is 1. The lowest BCUT2D eigenvalue weighted by molar-refractivity contribution is -0.139. The van der Waals surface area contributed by atoms with Gasteiger partial charge in [-0.25, -0.2) is 9.59 Å². The highest BCUT2D eigenvalue weighted by atomic mass is 127. The molecule has 7 nitrogen and oxygen atoms in total. The van der Waals surface area contributed by atoms with Crippen LogP contribution in [0.1, 0.15) is 15.9 Å². The minimum absolute atomic E-state index is 0.221. The molecule has 0 bridgehead atoms. The van der Waals surface area contributed by atoms with Gasteiger partial charge in [0.05, 0.1) is 34.1 Å². The molecule has 0 heterocycles. The molecule has 2 aromatic rings. The quantitative estimate of drug-likeness (QED) is 0.349. The first-order valence-corrected chi connectivity index (χ1v) is 8.95. The van der Waals surface area contributed by atoms with Crippen molar-refractivity contribution >= 4 is 58.0 Å². The zero-order chi connectivity index (χ0) is 20.0. The van der Waals surface area contributed by atoms with Gasteiger partial charge in [0.15, 0.2) is 18.1 Å². The number of methoxy groups -OCH3 is 2. The highest BCUT2D eigenvalue weighted by Crippen LogP contribution is 2.33. The van der Waals surface area contributed by atoms with Gasteiger partial charge in [0.1, 0.15) is 0 Å². The zero-order valence-electron chi connectivity index (χ0n) is 14.4. The van der Waals surface area contributed by atoms with Crippen LogP contribution < -0.4 is 9.47 Å². The van der Waals surface area contributed by atoms with E-state index in [1.807, 2.05) is 22.6 Å². The number of halogens is 2. The summed E-state index contributed by atoms with van der Waals surface area (Å²) in [5.41, 5.74) is 1.44. The Labute approximate surface area is 174 Å². The van der Waals surface area contributed by atoms with Crippen molar-refractivity contribution in [1.29, 1.82) is 0 Å². The van der Waals surface area contributed by atoms with Crippen LogP contribution in [0.25, 0.3) is 0 Å². The van der Waals surface area contributed by atoms with Crippen LogP contribution in [0.3, 0.4) is 0 Å². The molecule has 0 radical (unpaired) electrons. The van der Waals surface area contributed by atoms with Crippen LogP contribution in [0.4, 0.5) is 5.69 Å². The summed E-state index contributed by atoms with van der Waals surface area (Å²) in [6.07, 6.45) is 1.58. The highest BCUT2D eigenvalue weighted by Gasteiger charge is 2.13. The lowest BCUT2D eigenvalue weighted by atomic mass is 10.2. The standard InChI is InChI=1S/C18H15ClINO6/c1-25-15-6-10(5-14(20)17(15)27-9-16(22)23)8-21-11-3-4-13(19)12(7-11)18(24)26-2/h3-8H,9H2,1-2H3,(H,22,23). The van der Waals surface area contributed by atoms with Gasteiger partial charge in [-0.05, 0) is 58.5 Å². The smallest absolute Gasteiger partial charge is 0.341 e. The van der Waals surface area contributed by atoms with E-state index in [0.29, 0.717) is 26.3 Å². The van der Waals surface area contributed by atoms with E-state index in [4.69, 9.17) is 26.2 Å². The Morgan fingerprint density at radius 2 is 2.00 bits per heavy atom. The number of hydrogen-bond acceptors (Lipinski definition) is 6. The molecule has 9 heteroatoms. The van der Waals surface area contributed by atoms with E-state index in [0.717, 1.165) is 0 Å². The van der Waals surface area contributed by atoms with Gasteiger partial charge < -0.3 is 19.3 Å². The lowest BCUT2D eigenvalue weighted by Gasteiger charge is -2.12. The number of carbonyl (C=O) groups is 2. The summed E-state index contributed by atoms with van der Waals surface area (Å²) >= 11 is 8.01. The zero-order valence-corrected chi connectivity index (χ0v) is 17.3. The molecule has 2 aromatic carbocycles. The summed E-state index contributed by atoms with van der Waals surface area (Å²) in [4.78, 5) is 26.7. The maximum absolute atomic E-state index is 11.7. The van der Waals surface area contributed by atoms with Crippen LogP contribution in [-0.2, 0) is 9.53 Å². The number of ether oxygens (including phenoxy) is 3. The predicted octanol–water partition coefficient (Wildman–Crippen LogP) is 3.95. The van der Waals surface area contributed by atoms with Gasteiger partial charge in [-0.3, -0.25) is 4.99 Å². The van der Waals surface area contributed by atoms with Gasteiger partial charge in [-0.2, -0.15) is 0 Å². The average molecular weight is 504 g/mol. The number of benzene rings is 2. The topological polar surface area (TPSA) is 94.4 Å². The molecule has 142 valence electrons. The van der Waals surface area contributed by atoms with Crippen molar-refractivity contribution in [3.8, 4) is 11.5 Å².